The van der Waals surface area contributed by atoms with E-state index in [-0.39, 0.29) is 11.7 Å². The monoisotopic (exact) mass is 317 g/mol. The summed E-state index contributed by atoms with van der Waals surface area (Å²) in [6, 6.07) is 14.6. The molecule has 0 amide bonds. The Morgan fingerprint density at radius 2 is 1.77 bits per heavy atom. The zero-order valence-electron chi connectivity index (χ0n) is 12.1. The van der Waals surface area contributed by atoms with Gasteiger partial charge in [-0.3, -0.25) is 4.79 Å². The Bertz CT molecular complexity index is 654. The molecule has 22 heavy (non-hydrogen) atoms. The van der Waals surface area contributed by atoms with E-state index < -0.39 is 6.17 Å². The van der Waals surface area contributed by atoms with Crippen molar-refractivity contribution in [2.75, 3.05) is 13.1 Å². The first-order valence-electron chi connectivity index (χ1n) is 7.36. The summed E-state index contributed by atoms with van der Waals surface area (Å²) in [5.74, 6) is -0.0312. The number of halogens is 2. The smallest absolute Gasteiger partial charge is 0.167 e. The van der Waals surface area contributed by atoms with Crippen molar-refractivity contribution in [3.63, 3.8) is 0 Å². The van der Waals surface area contributed by atoms with Crippen LogP contribution < -0.4 is 5.32 Å². The van der Waals surface area contributed by atoms with Gasteiger partial charge >= 0.3 is 0 Å². The Kier molecular flexibility index (Phi) is 4.55. The van der Waals surface area contributed by atoms with E-state index in [1.165, 1.54) is 0 Å². The maximum absolute atomic E-state index is 13.7. The highest BCUT2D eigenvalue weighted by molar-refractivity contribution is 6.30. The van der Waals surface area contributed by atoms with Gasteiger partial charge in [-0.15, -0.1) is 0 Å². The minimum Gasteiger partial charge on any atom is -0.313 e. The van der Waals surface area contributed by atoms with E-state index in [2.05, 4.69) is 5.32 Å². The molecule has 1 N–H and O–H groups in total. The van der Waals surface area contributed by atoms with Gasteiger partial charge in [-0.1, -0.05) is 35.9 Å². The van der Waals surface area contributed by atoms with Crippen LogP contribution in [0.4, 0.5) is 4.39 Å². The van der Waals surface area contributed by atoms with Crippen LogP contribution in [0.2, 0.25) is 5.02 Å². The third-order valence-electron chi connectivity index (χ3n) is 4.08. The van der Waals surface area contributed by atoms with E-state index in [1.54, 1.807) is 24.3 Å². The number of hydrogen-bond acceptors (Lipinski definition) is 2. The molecule has 1 heterocycles. The van der Waals surface area contributed by atoms with Crippen LogP contribution in [0.3, 0.4) is 0 Å². The van der Waals surface area contributed by atoms with Gasteiger partial charge in [0.2, 0.25) is 0 Å². The molecule has 3 rings (SSSR count). The van der Waals surface area contributed by atoms with Crippen LogP contribution in [0.1, 0.15) is 27.4 Å². The van der Waals surface area contributed by atoms with Crippen molar-refractivity contribution >= 4 is 17.4 Å². The summed E-state index contributed by atoms with van der Waals surface area (Å²) >= 11 is 5.82. The van der Waals surface area contributed by atoms with E-state index in [1.807, 2.05) is 24.3 Å². The zero-order valence-corrected chi connectivity index (χ0v) is 12.8. The van der Waals surface area contributed by atoms with Crippen molar-refractivity contribution in [3.05, 3.63) is 70.2 Å². The maximum Gasteiger partial charge on any atom is 0.167 e. The minimum atomic E-state index is -0.832. The molecule has 1 aliphatic heterocycles. The maximum atomic E-state index is 13.7. The molecule has 2 atom stereocenters. The molecule has 4 heteroatoms. The fourth-order valence-electron chi connectivity index (χ4n) is 2.78. The van der Waals surface area contributed by atoms with E-state index >= 15 is 0 Å². The first kappa shape index (κ1) is 15.2. The quantitative estimate of drug-likeness (QED) is 0.869. The fourth-order valence-corrected chi connectivity index (χ4v) is 2.91. The van der Waals surface area contributed by atoms with Crippen molar-refractivity contribution in [1.82, 2.24) is 5.32 Å². The number of ketones is 1. The van der Waals surface area contributed by atoms with Gasteiger partial charge in [0.25, 0.3) is 0 Å². The number of rotatable bonds is 4. The Hall–Kier alpha value is -1.71. The summed E-state index contributed by atoms with van der Waals surface area (Å²) in [5.41, 5.74) is 2.57. The molecule has 0 unspecified atom stereocenters. The highest BCUT2D eigenvalue weighted by Crippen LogP contribution is 2.25. The molecule has 1 fully saturated rings. The average molecular weight is 318 g/mol. The number of nitrogens with one attached hydrogen (secondary N) is 1. The lowest BCUT2D eigenvalue weighted by atomic mass is 9.94. The van der Waals surface area contributed by atoms with Crippen LogP contribution >= 0.6 is 11.6 Å². The van der Waals surface area contributed by atoms with E-state index in [4.69, 9.17) is 11.6 Å². The summed E-state index contributed by atoms with van der Waals surface area (Å²) in [6.45, 7) is 1.09. The third-order valence-corrected chi connectivity index (χ3v) is 4.33. The summed E-state index contributed by atoms with van der Waals surface area (Å²) in [5, 5.41) is 3.67. The third kappa shape index (κ3) is 3.37. The second-order valence-electron chi connectivity index (χ2n) is 5.63. The molecule has 2 aromatic carbocycles. The Morgan fingerprint density at radius 1 is 1.09 bits per heavy atom. The molecule has 0 aromatic heterocycles. The number of alkyl halides is 1. The van der Waals surface area contributed by atoms with Crippen molar-refractivity contribution in [2.24, 2.45) is 0 Å². The van der Waals surface area contributed by atoms with Gasteiger partial charge in [0.05, 0.1) is 0 Å². The summed E-state index contributed by atoms with van der Waals surface area (Å²) < 4.78 is 13.7. The molecule has 0 saturated carbocycles. The number of hydrogen-bond donors (Lipinski definition) is 1. The minimum absolute atomic E-state index is 0.0512. The Balaban J connectivity index is 1.68. The summed E-state index contributed by atoms with van der Waals surface area (Å²) in [7, 11) is 0. The number of benzene rings is 2. The normalized spacial score (nSPS) is 21.0. The average Bonchev–Trinajstić information content (AvgIpc) is 2.95. The summed E-state index contributed by atoms with van der Waals surface area (Å²) in [6.07, 6.45) is -0.495. The summed E-state index contributed by atoms with van der Waals surface area (Å²) in [4.78, 5) is 12.2. The molecule has 114 valence electrons. The van der Waals surface area contributed by atoms with Gasteiger partial charge in [0, 0.05) is 36.0 Å². The molecule has 1 aliphatic rings. The number of carbonyl (C=O) groups excluding carboxylic acids is 1. The lowest BCUT2D eigenvalue weighted by molar-refractivity contribution is 0.0993. The molecular weight excluding hydrogens is 301 g/mol. The molecule has 0 radical (unpaired) electrons. The molecular formula is C18H17ClFNO. The SMILES string of the molecule is O=C(Cc1ccc([C@@H]2CNC[C@@H]2F)cc1)c1ccc(Cl)cc1. The highest BCUT2D eigenvalue weighted by Gasteiger charge is 2.27. The molecule has 0 bridgehead atoms. The fraction of sp³-hybridized carbons (Fsp3) is 0.278. The number of carbonyl (C=O) groups is 1. The topological polar surface area (TPSA) is 29.1 Å². The zero-order chi connectivity index (χ0) is 15.5. The Morgan fingerprint density at radius 3 is 2.36 bits per heavy atom. The molecule has 1 saturated heterocycles. The van der Waals surface area contributed by atoms with E-state index in [0.29, 0.717) is 30.1 Å². The predicted molar refractivity (Wildman–Crippen MR) is 86.4 cm³/mol. The van der Waals surface area contributed by atoms with Crippen LogP contribution in [0.15, 0.2) is 48.5 Å². The van der Waals surface area contributed by atoms with Crippen LogP contribution in [0.5, 0.6) is 0 Å². The van der Waals surface area contributed by atoms with Crippen LogP contribution in [-0.4, -0.2) is 25.0 Å². The molecule has 0 spiro atoms. The first-order valence-corrected chi connectivity index (χ1v) is 7.73. The van der Waals surface area contributed by atoms with Crippen molar-refractivity contribution in [3.8, 4) is 0 Å². The Labute approximate surface area is 134 Å². The second-order valence-corrected chi connectivity index (χ2v) is 6.07. The van der Waals surface area contributed by atoms with Gasteiger partial charge in [0.15, 0.2) is 5.78 Å². The predicted octanol–water partition coefficient (Wildman–Crippen LogP) is 3.79. The van der Waals surface area contributed by atoms with Gasteiger partial charge in [-0.2, -0.15) is 0 Å². The molecule has 0 aliphatic carbocycles. The first-order chi connectivity index (χ1) is 10.6. The standard InChI is InChI=1S/C18H17ClFNO/c19-15-7-5-14(6-8-15)18(22)9-12-1-3-13(4-2-12)16-10-21-11-17(16)20/h1-8,16-17,21H,9-11H2/t16-,17-/m0/s1. The van der Waals surface area contributed by atoms with E-state index in [9.17, 15) is 9.18 Å². The van der Waals surface area contributed by atoms with Crippen molar-refractivity contribution < 1.29 is 9.18 Å². The van der Waals surface area contributed by atoms with Gasteiger partial charge in [0.1, 0.15) is 6.17 Å². The number of Topliss-reactive ketones (excluding diaryl/α,β-unsaturated/α-hetero) is 1. The molecule has 2 aromatic rings. The lowest BCUT2D eigenvalue weighted by Gasteiger charge is -2.12. The van der Waals surface area contributed by atoms with Gasteiger partial charge in [-0.05, 0) is 35.4 Å². The second kappa shape index (κ2) is 6.59. The largest absolute Gasteiger partial charge is 0.313 e. The highest BCUT2D eigenvalue weighted by atomic mass is 35.5. The van der Waals surface area contributed by atoms with Crippen LogP contribution in [0.25, 0.3) is 0 Å². The van der Waals surface area contributed by atoms with Crippen molar-refractivity contribution in [1.29, 1.82) is 0 Å². The van der Waals surface area contributed by atoms with Gasteiger partial charge in [-0.25, -0.2) is 4.39 Å². The van der Waals surface area contributed by atoms with Crippen LogP contribution in [0, 0.1) is 0 Å². The lowest BCUT2D eigenvalue weighted by Crippen LogP contribution is -2.11. The van der Waals surface area contributed by atoms with Crippen LogP contribution in [-0.2, 0) is 6.42 Å². The molecule has 2 nitrogen and oxygen atoms in total. The van der Waals surface area contributed by atoms with Crippen molar-refractivity contribution in [2.45, 2.75) is 18.5 Å². The van der Waals surface area contributed by atoms with E-state index in [0.717, 1.165) is 11.1 Å². The van der Waals surface area contributed by atoms with Gasteiger partial charge < -0.3 is 5.32 Å².